The van der Waals surface area contributed by atoms with Crippen LogP contribution in [0.3, 0.4) is 0 Å². The van der Waals surface area contributed by atoms with Crippen molar-refractivity contribution in [1.82, 2.24) is 34.9 Å². The second kappa shape index (κ2) is 15.4. The van der Waals surface area contributed by atoms with Gasteiger partial charge in [0.25, 0.3) is 17.7 Å². The first-order valence-electron chi connectivity index (χ1n) is 21.6. The fourth-order valence-electron chi connectivity index (χ4n) is 10.7. The lowest BCUT2D eigenvalue weighted by Crippen LogP contribution is -2.54. The Morgan fingerprint density at radius 3 is 2.23 bits per heavy atom. The Hall–Kier alpha value is -6.10. The van der Waals surface area contributed by atoms with Gasteiger partial charge in [0.05, 0.1) is 29.1 Å². The van der Waals surface area contributed by atoms with E-state index in [1.54, 1.807) is 23.2 Å². The van der Waals surface area contributed by atoms with Crippen molar-refractivity contribution in [2.75, 3.05) is 93.7 Å². The van der Waals surface area contributed by atoms with Gasteiger partial charge in [-0.15, -0.1) is 0 Å². The number of nitrogens with two attached hydrogens (primary N) is 1. The molecule has 0 spiro atoms. The molecule has 3 unspecified atom stereocenters. The molecule has 8 heterocycles. The number of anilines is 3. The topological polar surface area (TPSA) is 189 Å². The average molecular weight is 830 g/mol. The number of likely N-dealkylation sites (N-methyl/N-ethyl adjacent to an activating group) is 1. The summed E-state index contributed by atoms with van der Waals surface area (Å²) in [7, 11) is 1.84. The third-order valence-electron chi connectivity index (χ3n) is 14.0. The van der Waals surface area contributed by atoms with Crippen molar-refractivity contribution in [1.29, 1.82) is 0 Å². The molecule has 3 aromatic rings. The van der Waals surface area contributed by atoms with E-state index in [0.29, 0.717) is 53.4 Å². The Morgan fingerprint density at radius 1 is 0.803 bits per heavy atom. The van der Waals surface area contributed by atoms with Crippen molar-refractivity contribution in [2.24, 2.45) is 23.5 Å². The zero-order valence-electron chi connectivity index (χ0n) is 34.4. The number of benzene rings is 2. The Labute approximate surface area is 353 Å². The Bertz CT molecular complexity index is 2300. The van der Waals surface area contributed by atoms with Gasteiger partial charge < -0.3 is 35.1 Å². The number of rotatable bonds is 10. The number of nitrogens with one attached hydrogen (secondary N) is 1. The van der Waals surface area contributed by atoms with Crippen molar-refractivity contribution in [2.45, 2.75) is 44.2 Å². The number of hydrogen-bond donors (Lipinski definition) is 2. The highest BCUT2D eigenvalue weighted by atomic mass is 16.2. The molecule has 1 aromatic heterocycles. The monoisotopic (exact) mass is 829 g/mol. The predicted octanol–water partition coefficient (Wildman–Crippen LogP) is 1.41. The summed E-state index contributed by atoms with van der Waals surface area (Å²) in [6.45, 7) is 9.86. The number of amides is 7. The number of imide groups is 2. The molecule has 10 rings (SSSR count). The number of piperidine rings is 2. The summed E-state index contributed by atoms with van der Waals surface area (Å²) in [6.07, 6.45) is 4.18. The molecule has 4 atom stereocenters. The third kappa shape index (κ3) is 7.21. The summed E-state index contributed by atoms with van der Waals surface area (Å²) in [6, 6.07) is 13.1. The maximum Gasteiger partial charge on any atom is 0.320 e. The second-order valence-electron chi connectivity index (χ2n) is 18.0. The number of carbonyl (C=O) groups is 6. The van der Waals surface area contributed by atoms with Gasteiger partial charge in [-0.05, 0) is 67.0 Å². The van der Waals surface area contributed by atoms with Crippen LogP contribution in [0.25, 0.3) is 0 Å². The van der Waals surface area contributed by atoms with Gasteiger partial charge in [-0.25, -0.2) is 14.8 Å². The summed E-state index contributed by atoms with van der Waals surface area (Å²) in [5.41, 5.74) is 10.2. The van der Waals surface area contributed by atoms with Crippen LogP contribution in [-0.4, -0.2) is 156 Å². The molecule has 3 N–H and O–H groups in total. The van der Waals surface area contributed by atoms with E-state index in [9.17, 15) is 28.8 Å². The van der Waals surface area contributed by atoms with E-state index >= 15 is 0 Å². The molecular formula is C44H51N11O6. The first-order chi connectivity index (χ1) is 29.5. The number of primary amides is 1. The molecule has 6 saturated heterocycles. The summed E-state index contributed by atoms with van der Waals surface area (Å²) in [5, 5.41) is 2.25. The molecule has 7 aliphatic rings. The lowest BCUT2D eigenvalue weighted by Gasteiger charge is -2.43. The smallest absolute Gasteiger partial charge is 0.320 e. The second-order valence-corrected chi connectivity index (χ2v) is 18.0. The Kier molecular flexibility index (Phi) is 9.87. The lowest BCUT2D eigenvalue weighted by atomic mass is 9.97. The maximum atomic E-state index is 13.3. The van der Waals surface area contributed by atoms with Crippen molar-refractivity contribution >= 4 is 52.8 Å². The van der Waals surface area contributed by atoms with Crippen LogP contribution >= 0.6 is 0 Å². The molecule has 2 aromatic carbocycles. The highest BCUT2D eigenvalue weighted by Crippen LogP contribution is 2.37. The average Bonchev–Trinajstić information content (AvgIpc) is 3.97. The molecule has 17 nitrogen and oxygen atoms in total. The maximum absolute atomic E-state index is 13.3. The molecule has 0 saturated carbocycles. The summed E-state index contributed by atoms with van der Waals surface area (Å²) in [5.74, 6) is -0.164. The van der Waals surface area contributed by atoms with Crippen LogP contribution in [0.2, 0.25) is 0 Å². The van der Waals surface area contributed by atoms with Crippen molar-refractivity contribution in [3.8, 4) is 0 Å². The van der Waals surface area contributed by atoms with E-state index in [1.807, 2.05) is 18.0 Å². The van der Waals surface area contributed by atoms with Crippen LogP contribution in [0, 0.1) is 17.8 Å². The molecule has 318 valence electrons. The summed E-state index contributed by atoms with van der Waals surface area (Å²) < 4.78 is 0. The number of nitrogens with zero attached hydrogens (tertiary/aromatic N) is 9. The van der Waals surface area contributed by atoms with Crippen LogP contribution in [0.1, 0.15) is 68.1 Å². The minimum absolute atomic E-state index is 0.0726. The first-order valence-corrected chi connectivity index (χ1v) is 21.6. The molecule has 6 fully saturated rings. The molecule has 0 bridgehead atoms. The largest absolute Gasteiger partial charge is 0.371 e. The van der Waals surface area contributed by atoms with Gasteiger partial charge in [-0.3, -0.25) is 34.2 Å². The van der Waals surface area contributed by atoms with Crippen LogP contribution in [0.4, 0.5) is 22.0 Å². The fraction of sp³-hybridized carbons (Fsp3) is 0.500. The van der Waals surface area contributed by atoms with Crippen molar-refractivity contribution < 1.29 is 28.8 Å². The highest BCUT2D eigenvalue weighted by Gasteiger charge is 2.46. The van der Waals surface area contributed by atoms with E-state index < -0.39 is 35.6 Å². The normalized spacial score (nSPS) is 25.8. The molecule has 0 radical (unpaired) electrons. The number of fused-ring (bicyclic) bond motifs is 2. The fourth-order valence-corrected chi connectivity index (χ4v) is 10.7. The van der Waals surface area contributed by atoms with Gasteiger partial charge in [0.15, 0.2) is 0 Å². The van der Waals surface area contributed by atoms with Gasteiger partial charge in [-0.1, -0.05) is 12.1 Å². The predicted molar refractivity (Wildman–Crippen MR) is 224 cm³/mol. The first kappa shape index (κ1) is 39.1. The van der Waals surface area contributed by atoms with Gasteiger partial charge in [0.2, 0.25) is 11.8 Å². The number of likely N-dealkylation sites (tertiary alicyclic amines) is 1. The zero-order valence-corrected chi connectivity index (χ0v) is 34.4. The van der Waals surface area contributed by atoms with Crippen LogP contribution in [0.5, 0.6) is 0 Å². The Balaban J connectivity index is 0.709. The molecular weight excluding hydrogens is 779 g/mol. The third-order valence-corrected chi connectivity index (χ3v) is 14.0. The van der Waals surface area contributed by atoms with E-state index in [2.05, 4.69) is 54.2 Å². The van der Waals surface area contributed by atoms with Crippen molar-refractivity contribution in [3.05, 3.63) is 76.7 Å². The quantitative estimate of drug-likeness (QED) is 0.280. The van der Waals surface area contributed by atoms with Crippen LogP contribution in [-0.2, 0) is 16.0 Å². The van der Waals surface area contributed by atoms with Gasteiger partial charge >= 0.3 is 6.03 Å². The zero-order chi connectivity index (χ0) is 42.1. The standard InChI is InChI=1S/C44H51N11O6/c1-49-13-14-54(44(49)61)32-3-2-12-51(25-32)37-17-46-39(40(45)57)35(47-37)15-26-4-6-30(7-5-26)53-23-28-21-50(22-29(28)24-53)18-27-19-52(20-27)31-8-9-33-34(16-31)43(60)55(42(33)59)36-10-11-38(56)48-41(36)58/h4-9,16-17,27-29,32,36H,2-3,10-15,18-25H2,1H3,(H2,45,57)(H,48,56,58)/t28?,29?,32-,36?/m1/s1. The molecule has 17 heteroatoms. The number of aromatic nitrogens is 2. The lowest BCUT2D eigenvalue weighted by molar-refractivity contribution is -0.136. The summed E-state index contributed by atoms with van der Waals surface area (Å²) >= 11 is 0. The Morgan fingerprint density at radius 2 is 1.52 bits per heavy atom. The van der Waals surface area contributed by atoms with E-state index in [1.165, 1.54) is 5.69 Å². The number of hydrogen-bond acceptors (Lipinski definition) is 12. The van der Waals surface area contributed by atoms with Crippen LogP contribution < -0.4 is 25.8 Å². The van der Waals surface area contributed by atoms with Crippen LogP contribution in [0.15, 0.2) is 48.7 Å². The minimum Gasteiger partial charge on any atom is -0.371 e. The van der Waals surface area contributed by atoms with E-state index in [0.717, 1.165) is 94.4 Å². The number of carbonyl (C=O) groups excluding carboxylic acids is 6. The molecule has 7 amide bonds. The SMILES string of the molecule is CN1CCN([C@@H]2CCCN(c3cnc(C(N)=O)c(Cc4ccc(N5CC6CN(CC7CN(c8ccc9c(c8)C(=O)N(C8CCC(=O)NC8=O)C9=O)C7)CC6C5)cc4)n3)C2)C1=O. The van der Waals surface area contributed by atoms with Gasteiger partial charge in [0.1, 0.15) is 17.6 Å². The minimum atomic E-state index is -0.970. The van der Waals surface area contributed by atoms with Crippen molar-refractivity contribution in [3.63, 3.8) is 0 Å². The molecule has 61 heavy (non-hydrogen) atoms. The molecule has 0 aliphatic carbocycles. The van der Waals surface area contributed by atoms with E-state index in [-0.39, 0.29) is 30.6 Å². The number of urea groups is 1. The molecule has 7 aliphatic heterocycles. The summed E-state index contributed by atoms with van der Waals surface area (Å²) in [4.78, 5) is 99.3. The highest BCUT2D eigenvalue weighted by molar-refractivity contribution is 6.23. The van der Waals surface area contributed by atoms with E-state index in [4.69, 9.17) is 10.7 Å². The van der Waals surface area contributed by atoms with Gasteiger partial charge in [0, 0.05) is 109 Å². The van der Waals surface area contributed by atoms with Gasteiger partial charge in [-0.2, -0.15) is 0 Å².